The molecule has 1 aromatic heterocycles. The molecule has 3 rings (SSSR count). The molecule has 0 bridgehead atoms. The molecule has 0 radical (unpaired) electrons. The van der Waals surface area contributed by atoms with Gasteiger partial charge >= 0.3 is 12.4 Å². The Kier molecular flexibility index (Phi) is 6.52. The standard InChI is InChI=1S/C21H13F6N5O/c22-20(23,24)16-3-1-2-14(9-16)19(21(25,26)27)31-18(33)7-5-13-4-6-17(15(8-13)10-28)32-12-29-11-30-32/h1-9,11-12,19H,(H,31,33)/b7-5+. The molecule has 0 saturated carbocycles. The van der Waals surface area contributed by atoms with E-state index in [0.29, 0.717) is 23.4 Å². The number of amides is 1. The average Bonchev–Trinajstić information content (AvgIpc) is 3.29. The number of alkyl halides is 6. The lowest BCUT2D eigenvalue weighted by Gasteiger charge is -2.22. The van der Waals surface area contributed by atoms with Crippen molar-refractivity contribution in [3.63, 3.8) is 0 Å². The Bertz CT molecular complexity index is 1210. The van der Waals surface area contributed by atoms with Gasteiger partial charge in [-0.25, -0.2) is 9.67 Å². The van der Waals surface area contributed by atoms with E-state index < -0.39 is 35.4 Å². The summed E-state index contributed by atoms with van der Waals surface area (Å²) in [4.78, 5) is 15.9. The fraction of sp³-hybridized carbons (Fsp3) is 0.143. The minimum atomic E-state index is -5.04. The van der Waals surface area contributed by atoms with Gasteiger partial charge < -0.3 is 5.32 Å². The third-order valence-corrected chi connectivity index (χ3v) is 4.40. The fourth-order valence-corrected chi connectivity index (χ4v) is 2.89. The number of benzene rings is 2. The first-order valence-corrected chi connectivity index (χ1v) is 9.10. The first-order chi connectivity index (χ1) is 15.5. The van der Waals surface area contributed by atoms with Gasteiger partial charge in [-0.2, -0.15) is 36.7 Å². The normalized spacial score (nSPS) is 13.0. The number of nitrogens with zero attached hydrogens (tertiary/aromatic N) is 4. The second-order valence-corrected chi connectivity index (χ2v) is 6.67. The van der Waals surface area contributed by atoms with Gasteiger partial charge in [-0.1, -0.05) is 18.2 Å². The third kappa shape index (κ3) is 5.76. The largest absolute Gasteiger partial charge is 0.416 e. The van der Waals surface area contributed by atoms with E-state index in [-0.39, 0.29) is 5.56 Å². The highest BCUT2D eigenvalue weighted by Crippen LogP contribution is 2.36. The van der Waals surface area contributed by atoms with Crippen molar-refractivity contribution in [1.29, 1.82) is 5.26 Å². The summed E-state index contributed by atoms with van der Waals surface area (Å²) in [5.41, 5.74) is -1.13. The third-order valence-electron chi connectivity index (χ3n) is 4.40. The van der Waals surface area contributed by atoms with Crippen molar-refractivity contribution < 1.29 is 31.1 Å². The van der Waals surface area contributed by atoms with Crippen LogP contribution in [0.1, 0.15) is 28.3 Å². The van der Waals surface area contributed by atoms with E-state index in [1.165, 1.54) is 41.6 Å². The van der Waals surface area contributed by atoms with E-state index in [4.69, 9.17) is 0 Å². The second-order valence-electron chi connectivity index (χ2n) is 6.67. The lowest BCUT2D eigenvalue weighted by Crippen LogP contribution is -2.37. The molecule has 2 aromatic carbocycles. The van der Waals surface area contributed by atoms with Crippen molar-refractivity contribution in [2.45, 2.75) is 18.4 Å². The summed E-state index contributed by atoms with van der Waals surface area (Å²) >= 11 is 0. The molecule has 0 spiro atoms. The van der Waals surface area contributed by atoms with Crippen LogP contribution in [-0.2, 0) is 11.0 Å². The van der Waals surface area contributed by atoms with Crippen LogP contribution in [0.15, 0.2) is 61.2 Å². The summed E-state index contributed by atoms with van der Waals surface area (Å²) in [7, 11) is 0. The molecule has 3 aromatic rings. The Balaban J connectivity index is 1.81. The molecule has 1 unspecified atom stereocenters. The van der Waals surface area contributed by atoms with Gasteiger partial charge in [-0.15, -0.1) is 0 Å². The maximum Gasteiger partial charge on any atom is 0.416 e. The van der Waals surface area contributed by atoms with E-state index in [0.717, 1.165) is 18.2 Å². The maximum absolute atomic E-state index is 13.5. The number of carbonyl (C=O) groups is 1. The molecule has 1 atom stereocenters. The van der Waals surface area contributed by atoms with Crippen LogP contribution < -0.4 is 5.32 Å². The second kappa shape index (κ2) is 9.15. The summed E-state index contributed by atoms with van der Waals surface area (Å²) in [5.74, 6) is -1.19. The Labute approximate surface area is 182 Å². The zero-order chi connectivity index (χ0) is 24.2. The number of nitriles is 1. The molecule has 0 aliphatic rings. The van der Waals surface area contributed by atoms with Crippen LogP contribution >= 0.6 is 0 Å². The summed E-state index contributed by atoms with van der Waals surface area (Å²) < 4.78 is 80.3. The topological polar surface area (TPSA) is 83.6 Å². The number of nitrogens with one attached hydrogen (secondary N) is 1. The number of hydrogen-bond donors (Lipinski definition) is 1. The number of aromatic nitrogens is 3. The predicted octanol–water partition coefficient (Wildman–Crippen LogP) is 4.59. The average molecular weight is 465 g/mol. The highest BCUT2D eigenvalue weighted by atomic mass is 19.4. The Morgan fingerprint density at radius 1 is 1.12 bits per heavy atom. The zero-order valence-corrected chi connectivity index (χ0v) is 16.4. The Morgan fingerprint density at radius 3 is 2.48 bits per heavy atom. The van der Waals surface area contributed by atoms with Crippen LogP contribution in [0.3, 0.4) is 0 Å². The summed E-state index contributed by atoms with van der Waals surface area (Å²) in [6.45, 7) is 0. The molecule has 170 valence electrons. The van der Waals surface area contributed by atoms with E-state index in [2.05, 4.69) is 10.1 Å². The van der Waals surface area contributed by atoms with Gasteiger partial charge in [-0.05, 0) is 41.5 Å². The highest BCUT2D eigenvalue weighted by Gasteiger charge is 2.42. The Hall–Kier alpha value is -4.14. The van der Waals surface area contributed by atoms with Crippen LogP contribution in [0.4, 0.5) is 26.3 Å². The van der Waals surface area contributed by atoms with Gasteiger partial charge in [0.2, 0.25) is 5.91 Å². The first kappa shape index (κ1) is 23.5. The van der Waals surface area contributed by atoms with Gasteiger partial charge in [0.25, 0.3) is 0 Å². The molecule has 0 saturated heterocycles. The maximum atomic E-state index is 13.5. The minimum absolute atomic E-state index is 0.167. The molecule has 33 heavy (non-hydrogen) atoms. The highest BCUT2D eigenvalue weighted by molar-refractivity contribution is 5.92. The van der Waals surface area contributed by atoms with Crippen molar-refractivity contribution in [1.82, 2.24) is 20.1 Å². The number of halogens is 6. The van der Waals surface area contributed by atoms with Crippen LogP contribution in [0.25, 0.3) is 11.8 Å². The first-order valence-electron chi connectivity index (χ1n) is 9.10. The molecule has 12 heteroatoms. The predicted molar refractivity (Wildman–Crippen MR) is 103 cm³/mol. The molecule has 0 aliphatic carbocycles. The SMILES string of the molecule is N#Cc1cc(/C=C/C(=O)NC(c2cccc(C(F)(F)F)c2)C(F)(F)F)ccc1-n1cncn1. The molecular weight excluding hydrogens is 452 g/mol. The molecule has 0 fully saturated rings. The van der Waals surface area contributed by atoms with Gasteiger partial charge in [0, 0.05) is 6.08 Å². The van der Waals surface area contributed by atoms with E-state index in [1.807, 2.05) is 6.07 Å². The van der Waals surface area contributed by atoms with Crippen molar-refractivity contribution >= 4 is 12.0 Å². The van der Waals surface area contributed by atoms with Crippen molar-refractivity contribution in [3.8, 4) is 11.8 Å². The monoisotopic (exact) mass is 465 g/mol. The van der Waals surface area contributed by atoms with Gasteiger partial charge in [0.1, 0.15) is 18.7 Å². The van der Waals surface area contributed by atoms with Crippen molar-refractivity contribution in [2.75, 3.05) is 0 Å². The molecule has 1 N–H and O–H groups in total. The lowest BCUT2D eigenvalue weighted by molar-refractivity contribution is -0.162. The quantitative estimate of drug-likeness (QED) is 0.441. The fourth-order valence-electron chi connectivity index (χ4n) is 2.89. The van der Waals surface area contributed by atoms with Crippen LogP contribution in [0, 0.1) is 11.3 Å². The minimum Gasteiger partial charge on any atom is -0.337 e. The lowest BCUT2D eigenvalue weighted by atomic mass is 10.0. The van der Waals surface area contributed by atoms with Crippen LogP contribution in [0.2, 0.25) is 0 Å². The summed E-state index contributed by atoms with van der Waals surface area (Å²) in [6, 6.07) is 6.32. The Morgan fingerprint density at radius 2 is 1.88 bits per heavy atom. The van der Waals surface area contributed by atoms with Gasteiger partial charge in [0.15, 0.2) is 6.04 Å². The van der Waals surface area contributed by atoms with E-state index in [1.54, 1.807) is 5.32 Å². The number of carbonyl (C=O) groups excluding carboxylic acids is 1. The molecular formula is C21H13F6N5O. The van der Waals surface area contributed by atoms with Gasteiger partial charge in [-0.3, -0.25) is 4.79 Å². The zero-order valence-electron chi connectivity index (χ0n) is 16.4. The van der Waals surface area contributed by atoms with Crippen molar-refractivity contribution in [3.05, 3.63) is 83.4 Å². The molecule has 1 heterocycles. The van der Waals surface area contributed by atoms with Crippen molar-refractivity contribution in [2.24, 2.45) is 0 Å². The van der Waals surface area contributed by atoms with Crippen LogP contribution in [-0.4, -0.2) is 26.8 Å². The summed E-state index contributed by atoms with van der Waals surface area (Å²) in [6.07, 6.45) is -5.29. The smallest absolute Gasteiger partial charge is 0.337 e. The van der Waals surface area contributed by atoms with Gasteiger partial charge in [0.05, 0.1) is 16.8 Å². The number of rotatable bonds is 5. The summed E-state index contributed by atoms with van der Waals surface area (Å²) in [5, 5.41) is 14.9. The van der Waals surface area contributed by atoms with E-state index in [9.17, 15) is 36.4 Å². The van der Waals surface area contributed by atoms with E-state index >= 15 is 0 Å². The van der Waals surface area contributed by atoms with Crippen LogP contribution in [0.5, 0.6) is 0 Å². The molecule has 1 amide bonds. The molecule has 6 nitrogen and oxygen atoms in total. The number of hydrogen-bond acceptors (Lipinski definition) is 4. The molecule has 0 aliphatic heterocycles.